The van der Waals surface area contributed by atoms with Gasteiger partial charge in [0.25, 0.3) is 0 Å². The topological polar surface area (TPSA) is 76.5 Å². The summed E-state index contributed by atoms with van der Waals surface area (Å²) >= 11 is 0. The van der Waals surface area contributed by atoms with Crippen LogP contribution in [0, 0.1) is 0 Å². The number of nitrogens with one attached hydrogen (secondary N) is 1. The highest BCUT2D eigenvalue weighted by molar-refractivity contribution is 5.83. The van der Waals surface area contributed by atoms with Gasteiger partial charge in [-0.05, 0) is 52.7 Å². The van der Waals surface area contributed by atoms with Crippen LogP contribution in [0.2, 0.25) is 0 Å². The number of fused-ring (bicyclic) bond motifs is 1. The van der Waals surface area contributed by atoms with Crippen molar-refractivity contribution in [1.29, 1.82) is 0 Å². The van der Waals surface area contributed by atoms with E-state index >= 15 is 0 Å². The van der Waals surface area contributed by atoms with Crippen molar-refractivity contribution >= 4 is 23.0 Å². The summed E-state index contributed by atoms with van der Waals surface area (Å²) in [5.74, 6) is -0.0335. The number of carbonyl (C=O) groups is 2. The Balaban J connectivity index is 1.54. The number of aromatic nitrogens is 2. The summed E-state index contributed by atoms with van der Waals surface area (Å²) in [6.07, 6.45) is 2.87. The third-order valence-electron chi connectivity index (χ3n) is 4.77. The van der Waals surface area contributed by atoms with Gasteiger partial charge in [0.15, 0.2) is 0 Å². The van der Waals surface area contributed by atoms with Crippen LogP contribution in [0.1, 0.15) is 46.6 Å². The van der Waals surface area contributed by atoms with Gasteiger partial charge in [-0.2, -0.15) is 0 Å². The maximum atomic E-state index is 12.7. The van der Waals surface area contributed by atoms with E-state index in [2.05, 4.69) is 10.3 Å². The van der Waals surface area contributed by atoms with Crippen molar-refractivity contribution < 1.29 is 14.3 Å². The predicted octanol–water partition coefficient (Wildman–Crippen LogP) is 3.11. The van der Waals surface area contributed by atoms with E-state index in [9.17, 15) is 9.59 Å². The average Bonchev–Trinajstić information content (AvgIpc) is 3.04. The number of likely N-dealkylation sites (tertiary alicyclic amines) is 1. The second-order valence-electron chi connectivity index (χ2n) is 8.07. The van der Waals surface area contributed by atoms with Crippen LogP contribution in [0.25, 0.3) is 11.0 Å². The van der Waals surface area contributed by atoms with E-state index in [0.29, 0.717) is 13.1 Å². The normalized spacial score (nSPS) is 17.0. The second kappa shape index (κ2) is 7.58. The summed E-state index contributed by atoms with van der Waals surface area (Å²) in [6, 6.07) is 7.49. The second-order valence-corrected chi connectivity index (χ2v) is 8.07. The zero-order chi connectivity index (χ0) is 19.6. The molecule has 1 aromatic heterocycles. The van der Waals surface area contributed by atoms with Gasteiger partial charge in [0, 0.05) is 19.1 Å². The molecule has 1 saturated heterocycles. The number of carbonyl (C=O) groups excluding carboxylic acids is 2. The molecule has 0 spiro atoms. The maximum Gasteiger partial charge on any atom is 0.410 e. The fourth-order valence-corrected chi connectivity index (χ4v) is 3.27. The van der Waals surface area contributed by atoms with Crippen LogP contribution in [-0.2, 0) is 9.53 Å². The minimum Gasteiger partial charge on any atom is -0.444 e. The molecular formula is C20H28N4O3. The molecule has 1 aliphatic rings. The van der Waals surface area contributed by atoms with E-state index in [0.717, 1.165) is 23.9 Å². The number of para-hydroxylation sites is 2. The van der Waals surface area contributed by atoms with Crippen molar-refractivity contribution in [3.8, 4) is 0 Å². The van der Waals surface area contributed by atoms with Crippen LogP contribution in [0.3, 0.4) is 0 Å². The van der Waals surface area contributed by atoms with Gasteiger partial charge in [-0.15, -0.1) is 0 Å². The third kappa shape index (κ3) is 4.59. The van der Waals surface area contributed by atoms with Crippen LogP contribution in [0.5, 0.6) is 0 Å². The molecule has 1 N–H and O–H groups in total. The highest BCUT2D eigenvalue weighted by atomic mass is 16.6. The Bertz CT molecular complexity index is 816. The van der Waals surface area contributed by atoms with Crippen molar-refractivity contribution in [3.05, 3.63) is 30.6 Å². The van der Waals surface area contributed by atoms with E-state index in [1.165, 1.54) is 0 Å². The Hall–Kier alpha value is -2.57. The molecule has 0 saturated carbocycles. The minimum absolute atomic E-state index is 0.0335. The van der Waals surface area contributed by atoms with Crippen molar-refractivity contribution in [1.82, 2.24) is 19.8 Å². The Morgan fingerprint density at radius 2 is 1.89 bits per heavy atom. The number of amides is 2. The molecule has 7 heteroatoms. The number of benzene rings is 1. The first kappa shape index (κ1) is 19.2. The van der Waals surface area contributed by atoms with Crippen LogP contribution in [0.4, 0.5) is 4.79 Å². The molecule has 0 bridgehead atoms. The van der Waals surface area contributed by atoms with Crippen molar-refractivity contribution in [2.24, 2.45) is 0 Å². The molecule has 1 fully saturated rings. The zero-order valence-electron chi connectivity index (χ0n) is 16.4. The number of hydrogen-bond donors (Lipinski definition) is 1. The standard InChI is InChI=1S/C20H28N4O3/c1-14(24-13-21-16-7-5-6-8-17(16)24)18(25)22-15-9-11-23(12-10-15)19(26)27-20(2,3)4/h5-8,13-15H,9-12H2,1-4H3,(H,22,25)/t14-/m0/s1. The van der Waals surface area contributed by atoms with Gasteiger partial charge in [-0.3, -0.25) is 4.79 Å². The molecular weight excluding hydrogens is 344 g/mol. The van der Waals surface area contributed by atoms with Gasteiger partial charge in [-0.1, -0.05) is 12.1 Å². The number of imidazole rings is 1. The van der Waals surface area contributed by atoms with E-state index in [1.54, 1.807) is 11.2 Å². The summed E-state index contributed by atoms with van der Waals surface area (Å²) in [6.45, 7) is 8.63. The van der Waals surface area contributed by atoms with Gasteiger partial charge in [-0.25, -0.2) is 9.78 Å². The van der Waals surface area contributed by atoms with Crippen molar-refractivity contribution in [2.45, 2.75) is 58.2 Å². The largest absolute Gasteiger partial charge is 0.444 e. The summed E-state index contributed by atoms with van der Waals surface area (Å²) in [5.41, 5.74) is 1.33. The Morgan fingerprint density at radius 3 is 2.56 bits per heavy atom. The summed E-state index contributed by atoms with van der Waals surface area (Å²) in [4.78, 5) is 30.9. The Labute approximate surface area is 159 Å². The first-order valence-corrected chi connectivity index (χ1v) is 9.44. The molecule has 1 aromatic carbocycles. The Morgan fingerprint density at radius 1 is 1.22 bits per heavy atom. The molecule has 0 aliphatic carbocycles. The van der Waals surface area contributed by atoms with E-state index < -0.39 is 5.60 Å². The molecule has 7 nitrogen and oxygen atoms in total. The molecule has 1 atom stereocenters. The number of ether oxygens (including phenoxy) is 1. The van der Waals surface area contributed by atoms with Crippen molar-refractivity contribution in [3.63, 3.8) is 0 Å². The molecule has 146 valence electrons. The van der Waals surface area contributed by atoms with Crippen LogP contribution >= 0.6 is 0 Å². The highest BCUT2D eigenvalue weighted by Crippen LogP contribution is 2.19. The first-order chi connectivity index (χ1) is 12.7. The molecule has 27 heavy (non-hydrogen) atoms. The molecule has 1 aliphatic heterocycles. The highest BCUT2D eigenvalue weighted by Gasteiger charge is 2.28. The summed E-state index contributed by atoms with van der Waals surface area (Å²) < 4.78 is 7.30. The molecule has 0 unspecified atom stereocenters. The first-order valence-electron chi connectivity index (χ1n) is 9.44. The lowest BCUT2D eigenvalue weighted by Gasteiger charge is -2.34. The zero-order valence-corrected chi connectivity index (χ0v) is 16.4. The van der Waals surface area contributed by atoms with Gasteiger partial charge in [0.1, 0.15) is 11.6 Å². The van der Waals surface area contributed by atoms with Gasteiger partial charge < -0.3 is 19.5 Å². The number of nitrogens with zero attached hydrogens (tertiary/aromatic N) is 3. The number of hydrogen-bond acceptors (Lipinski definition) is 4. The average molecular weight is 372 g/mol. The van der Waals surface area contributed by atoms with E-state index in [1.807, 2.05) is 56.5 Å². The summed E-state index contributed by atoms with van der Waals surface area (Å²) in [5, 5.41) is 3.11. The van der Waals surface area contributed by atoms with Gasteiger partial charge in [0.2, 0.25) is 5.91 Å². The molecule has 2 aromatic rings. The summed E-state index contributed by atoms with van der Waals surface area (Å²) in [7, 11) is 0. The Kier molecular flexibility index (Phi) is 5.39. The van der Waals surface area contributed by atoms with Crippen LogP contribution in [-0.4, -0.2) is 51.2 Å². The van der Waals surface area contributed by atoms with Crippen molar-refractivity contribution in [2.75, 3.05) is 13.1 Å². The van der Waals surface area contributed by atoms with Gasteiger partial charge >= 0.3 is 6.09 Å². The maximum absolute atomic E-state index is 12.7. The quantitative estimate of drug-likeness (QED) is 0.898. The van der Waals surface area contributed by atoms with E-state index in [4.69, 9.17) is 4.74 Å². The van der Waals surface area contributed by atoms with Crippen LogP contribution in [0.15, 0.2) is 30.6 Å². The smallest absolute Gasteiger partial charge is 0.410 e. The lowest BCUT2D eigenvalue weighted by molar-refractivity contribution is -0.124. The lowest BCUT2D eigenvalue weighted by Crippen LogP contribution is -2.48. The molecule has 2 amide bonds. The van der Waals surface area contributed by atoms with Gasteiger partial charge in [0.05, 0.1) is 17.4 Å². The third-order valence-corrected chi connectivity index (χ3v) is 4.77. The SMILES string of the molecule is C[C@@H](C(=O)NC1CCN(C(=O)OC(C)(C)C)CC1)n1cnc2ccccc21. The number of piperidine rings is 1. The lowest BCUT2D eigenvalue weighted by atomic mass is 10.0. The number of rotatable bonds is 3. The predicted molar refractivity (Wildman–Crippen MR) is 103 cm³/mol. The van der Waals surface area contributed by atoms with E-state index in [-0.39, 0.29) is 24.1 Å². The van der Waals surface area contributed by atoms with Crippen LogP contribution < -0.4 is 5.32 Å². The molecule has 2 heterocycles. The minimum atomic E-state index is -0.495. The fraction of sp³-hybridized carbons (Fsp3) is 0.550. The monoisotopic (exact) mass is 372 g/mol. The fourth-order valence-electron chi connectivity index (χ4n) is 3.27. The molecule has 3 rings (SSSR count). The molecule has 0 radical (unpaired) electrons.